The van der Waals surface area contributed by atoms with Gasteiger partial charge in [-0.1, -0.05) is 37.7 Å². The van der Waals surface area contributed by atoms with Crippen LogP contribution < -0.4 is 10.6 Å². The van der Waals surface area contributed by atoms with E-state index in [1.54, 1.807) is 17.7 Å². The highest BCUT2D eigenvalue weighted by molar-refractivity contribution is 7.99. The van der Waals surface area contributed by atoms with Gasteiger partial charge in [-0.2, -0.15) is 0 Å². The van der Waals surface area contributed by atoms with Gasteiger partial charge in [0.15, 0.2) is 11.0 Å². The van der Waals surface area contributed by atoms with Crippen molar-refractivity contribution in [3.63, 3.8) is 0 Å². The number of thioether (sulfide) groups is 1. The zero-order valence-electron chi connectivity index (χ0n) is 19.7. The molecule has 36 heavy (non-hydrogen) atoms. The minimum absolute atomic E-state index is 0.00431. The van der Waals surface area contributed by atoms with Crippen molar-refractivity contribution in [2.75, 3.05) is 11.1 Å². The second-order valence-electron chi connectivity index (χ2n) is 8.13. The predicted octanol–water partition coefficient (Wildman–Crippen LogP) is 3.28. The van der Waals surface area contributed by atoms with Gasteiger partial charge in [-0.25, -0.2) is 4.79 Å². The Hall–Kier alpha value is -4.26. The number of anilines is 1. The van der Waals surface area contributed by atoms with E-state index >= 15 is 0 Å². The summed E-state index contributed by atoms with van der Waals surface area (Å²) in [6, 6.07) is 10.8. The first kappa shape index (κ1) is 26.3. The molecule has 1 aromatic heterocycles. The molecule has 13 heteroatoms. The Labute approximate surface area is 210 Å². The summed E-state index contributed by atoms with van der Waals surface area (Å²) in [6.45, 7) is 3.77. The molecule has 1 atom stereocenters. The molecule has 1 heterocycles. The normalized spacial score (nSPS) is 11.7. The average Bonchev–Trinajstić information content (AvgIpc) is 3.20. The van der Waals surface area contributed by atoms with E-state index in [1.165, 1.54) is 42.5 Å². The van der Waals surface area contributed by atoms with Gasteiger partial charge in [-0.3, -0.25) is 19.7 Å². The molecule has 0 fully saturated rings. The number of aromatic nitrogens is 3. The number of carboxylic acid groups (broad SMARTS) is 1. The number of hydrogen-bond donors (Lipinski definition) is 3. The Balaban J connectivity index is 1.68. The number of carbonyl (C=O) groups excluding carboxylic acids is 2. The van der Waals surface area contributed by atoms with Crippen molar-refractivity contribution in [2.45, 2.75) is 25.0 Å². The van der Waals surface area contributed by atoms with Crippen molar-refractivity contribution in [1.29, 1.82) is 0 Å². The summed E-state index contributed by atoms with van der Waals surface area (Å²) in [5.74, 6) is -1.57. The number of aromatic carboxylic acids is 1. The molecule has 0 radical (unpaired) electrons. The zero-order chi connectivity index (χ0) is 26.4. The van der Waals surface area contributed by atoms with Crippen LogP contribution in [0.4, 0.5) is 11.4 Å². The fourth-order valence-electron chi connectivity index (χ4n) is 3.29. The molecular formula is C23H24N6O6S. The molecule has 3 N–H and O–H groups in total. The first-order valence-electron chi connectivity index (χ1n) is 10.8. The first-order chi connectivity index (χ1) is 17.1. The van der Waals surface area contributed by atoms with Crippen molar-refractivity contribution in [2.24, 2.45) is 13.0 Å². The zero-order valence-corrected chi connectivity index (χ0v) is 20.5. The van der Waals surface area contributed by atoms with Crippen LogP contribution in [0.2, 0.25) is 0 Å². The van der Waals surface area contributed by atoms with Crippen LogP contribution in [0, 0.1) is 16.0 Å². The Morgan fingerprint density at radius 1 is 1.11 bits per heavy atom. The fourth-order valence-corrected chi connectivity index (χ4v) is 4.01. The number of benzene rings is 2. The number of rotatable bonds is 10. The summed E-state index contributed by atoms with van der Waals surface area (Å²) in [6.07, 6.45) is 0. The summed E-state index contributed by atoms with van der Waals surface area (Å²) < 4.78 is 1.67. The topological polar surface area (TPSA) is 169 Å². The van der Waals surface area contributed by atoms with Crippen LogP contribution in [0.25, 0.3) is 0 Å². The van der Waals surface area contributed by atoms with Crippen LogP contribution in [0.5, 0.6) is 0 Å². The van der Waals surface area contributed by atoms with Gasteiger partial charge in [0.25, 0.3) is 11.6 Å². The average molecular weight is 513 g/mol. The van der Waals surface area contributed by atoms with E-state index in [9.17, 15) is 24.5 Å². The highest BCUT2D eigenvalue weighted by atomic mass is 32.2. The molecule has 3 aromatic rings. The smallest absolute Gasteiger partial charge is 0.335 e. The van der Waals surface area contributed by atoms with E-state index in [1.807, 2.05) is 13.8 Å². The summed E-state index contributed by atoms with van der Waals surface area (Å²) in [5, 5.41) is 34.4. The lowest BCUT2D eigenvalue weighted by Crippen LogP contribution is -2.33. The molecule has 0 saturated heterocycles. The first-order valence-corrected chi connectivity index (χ1v) is 11.8. The molecule has 3 rings (SSSR count). The summed E-state index contributed by atoms with van der Waals surface area (Å²) in [5.41, 5.74) is 0.387. The molecule has 0 bridgehead atoms. The Kier molecular flexibility index (Phi) is 8.38. The van der Waals surface area contributed by atoms with Gasteiger partial charge in [-0.05, 0) is 30.2 Å². The third kappa shape index (κ3) is 6.44. The lowest BCUT2D eigenvalue weighted by Gasteiger charge is -2.21. The number of nitro groups is 1. The van der Waals surface area contributed by atoms with Gasteiger partial charge in [0.05, 0.1) is 22.3 Å². The molecule has 0 unspecified atom stereocenters. The monoisotopic (exact) mass is 512 g/mol. The van der Waals surface area contributed by atoms with E-state index in [2.05, 4.69) is 20.8 Å². The Bertz CT molecular complexity index is 1310. The van der Waals surface area contributed by atoms with Crippen molar-refractivity contribution in [3.8, 4) is 0 Å². The van der Waals surface area contributed by atoms with Gasteiger partial charge in [0.1, 0.15) is 0 Å². The minimum Gasteiger partial charge on any atom is -0.478 e. The van der Waals surface area contributed by atoms with Gasteiger partial charge in [-0.15, -0.1) is 10.2 Å². The predicted molar refractivity (Wildman–Crippen MR) is 132 cm³/mol. The highest BCUT2D eigenvalue weighted by Crippen LogP contribution is 2.25. The number of amides is 2. The van der Waals surface area contributed by atoms with Crippen LogP contribution in [-0.4, -0.2) is 48.3 Å². The molecule has 0 saturated carbocycles. The van der Waals surface area contributed by atoms with Crippen molar-refractivity contribution in [3.05, 3.63) is 75.6 Å². The third-order valence-corrected chi connectivity index (χ3v) is 6.17. The maximum Gasteiger partial charge on any atom is 0.335 e. The summed E-state index contributed by atoms with van der Waals surface area (Å²) >= 11 is 1.13. The van der Waals surface area contributed by atoms with E-state index < -0.39 is 22.8 Å². The van der Waals surface area contributed by atoms with E-state index in [-0.39, 0.29) is 34.4 Å². The number of nitrogens with zero attached hydrogens (tertiary/aromatic N) is 4. The molecule has 0 aliphatic heterocycles. The van der Waals surface area contributed by atoms with Crippen LogP contribution in [0.3, 0.4) is 0 Å². The van der Waals surface area contributed by atoms with Gasteiger partial charge in [0, 0.05) is 30.4 Å². The third-order valence-electron chi connectivity index (χ3n) is 5.14. The van der Waals surface area contributed by atoms with E-state index in [0.717, 1.165) is 11.8 Å². The largest absolute Gasteiger partial charge is 0.478 e. The SMILES string of the molecule is CC(C)[C@H](NC(=O)c1cccc([N+](=O)[O-])c1)c1nnc(SCC(=O)Nc2cccc(C(=O)O)c2)n1C. The molecule has 12 nitrogen and oxygen atoms in total. The van der Waals surface area contributed by atoms with Crippen LogP contribution in [0.1, 0.15) is 46.4 Å². The molecule has 0 aliphatic carbocycles. The summed E-state index contributed by atoms with van der Waals surface area (Å²) in [4.78, 5) is 46.7. The van der Waals surface area contributed by atoms with Gasteiger partial charge < -0.3 is 20.3 Å². The van der Waals surface area contributed by atoms with Crippen molar-refractivity contribution < 1.29 is 24.4 Å². The van der Waals surface area contributed by atoms with Crippen LogP contribution in [-0.2, 0) is 11.8 Å². The number of nitrogens with one attached hydrogen (secondary N) is 2. The highest BCUT2D eigenvalue weighted by Gasteiger charge is 2.26. The Morgan fingerprint density at radius 2 is 1.81 bits per heavy atom. The number of hydrogen-bond acceptors (Lipinski definition) is 8. The fraction of sp³-hybridized carbons (Fsp3) is 0.261. The second-order valence-corrected chi connectivity index (χ2v) is 9.07. The quantitative estimate of drug-likeness (QED) is 0.210. The molecule has 2 amide bonds. The molecule has 188 valence electrons. The molecule has 2 aromatic carbocycles. The number of nitro benzene ring substituents is 1. The number of carbonyl (C=O) groups is 3. The van der Waals surface area contributed by atoms with Gasteiger partial charge in [0.2, 0.25) is 5.91 Å². The lowest BCUT2D eigenvalue weighted by atomic mass is 10.0. The molecule has 0 aliphatic rings. The van der Waals surface area contributed by atoms with Gasteiger partial charge >= 0.3 is 5.97 Å². The van der Waals surface area contributed by atoms with Crippen molar-refractivity contribution in [1.82, 2.24) is 20.1 Å². The van der Waals surface area contributed by atoms with E-state index in [4.69, 9.17) is 5.11 Å². The standard InChI is InChI=1S/C23H24N6O6S/c1-13(2)19(25-21(31)14-6-5-9-17(11-14)29(34)35)20-26-27-23(28(20)3)36-12-18(30)24-16-8-4-7-15(10-16)22(32)33/h4-11,13,19H,12H2,1-3H3,(H,24,30)(H,25,31)(H,32,33)/t19-/m0/s1. The van der Waals surface area contributed by atoms with Crippen molar-refractivity contribution >= 4 is 40.9 Å². The number of non-ortho nitro benzene ring substituents is 1. The maximum atomic E-state index is 12.8. The minimum atomic E-state index is -1.09. The molecular weight excluding hydrogens is 488 g/mol. The summed E-state index contributed by atoms with van der Waals surface area (Å²) in [7, 11) is 1.71. The molecule has 0 spiro atoms. The lowest BCUT2D eigenvalue weighted by molar-refractivity contribution is -0.384. The van der Waals surface area contributed by atoms with Crippen LogP contribution >= 0.6 is 11.8 Å². The van der Waals surface area contributed by atoms with Crippen LogP contribution in [0.15, 0.2) is 53.7 Å². The van der Waals surface area contributed by atoms with E-state index in [0.29, 0.717) is 16.7 Å². The maximum absolute atomic E-state index is 12.8. The Morgan fingerprint density at radius 3 is 2.47 bits per heavy atom. The second kappa shape index (κ2) is 11.4. The number of carboxylic acids is 1.